The molecule has 0 heterocycles. The van der Waals surface area contributed by atoms with Crippen molar-refractivity contribution in [2.45, 2.75) is 13.3 Å². The van der Waals surface area contributed by atoms with Gasteiger partial charge in [0.05, 0.1) is 5.69 Å². The maximum atomic E-state index is 13.2. The van der Waals surface area contributed by atoms with Crippen LogP contribution < -0.4 is 5.73 Å². The zero-order valence-electron chi connectivity index (χ0n) is 8.00. The standard InChI is InChI=1S/C10H12FN3/c1-3-7-4-5-8(6-9(7)11)14-10(12)13-2/h4-6H,2-3H2,1H3,(H2,12,14). The second-order valence-electron chi connectivity index (χ2n) is 2.76. The molecule has 14 heavy (non-hydrogen) atoms. The molecule has 3 nitrogen and oxygen atoms in total. The van der Waals surface area contributed by atoms with E-state index in [4.69, 9.17) is 5.73 Å². The van der Waals surface area contributed by atoms with Gasteiger partial charge in [0.15, 0.2) is 0 Å². The van der Waals surface area contributed by atoms with Crippen LogP contribution in [0.25, 0.3) is 0 Å². The maximum absolute atomic E-state index is 13.2. The highest BCUT2D eigenvalue weighted by molar-refractivity contribution is 5.84. The summed E-state index contributed by atoms with van der Waals surface area (Å²) in [6, 6.07) is 4.71. The second-order valence-corrected chi connectivity index (χ2v) is 2.76. The number of rotatable bonds is 2. The number of nitrogens with zero attached hydrogens (tertiary/aromatic N) is 2. The third kappa shape index (κ3) is 2.39. The Morgan fingerprint density at radius 3 is 2.79 bits per heavy atom. The molecule has 0 unspecified atom stereocenters. The molecule has 0 fully saturated rings. The monoisotopic (exact) mass is 193 g/mol. The Bertz CT molecular complexity index is 372. The summed E-state index contributed by atoms with van der Waals surface area (Å²) >= 11 is 0. The molecule has 0 aliphatic rings. The molecule has 0 aliphatic carbocycles. The molecule has 0 amide bonds. The summed E-state index contributed by atoms with van der Waals surface area (Å²) < 4.78 is 13.2. The van der Waals surface area contributed by atoms with Crippen LogP contribution in [0, 0.1) is 5.82 Å². The summed E-state index contributed by atoms with van der Waals surface area (Å²) in [6.45, 7) is 5.10. The van der Waals surface area contributed by atoms with E-state index in [1.54, 1.807) is 12.1 Å². The molecule has 1 aromatic rings. The third-order valence-corrected chi connectivity index (χ3v) is 1.82. The van der Waals surface area contributed by atoms with E-state index < -0.39 is 0 Å². The van der Waals surface area contributed by atoms with E-state index in [0.29, 0.717) is 17.7 Å². The molecule has 0 saturated carbocycles. The Labute approximate surface area is 82.2 Å². The van der Waals surface area contributed by atoms with Gasteiger partial charge in [-0.1, -0.05) is 13.0 Å². The van der Waals surface area contributed by atoms with Gasteiger partial charge in [-0.15, -0.1) is 0 Å². The minimum absolute atomic E-state index is 0.0358. The van der Waals surface area contributed by atoms with Crippen LogP contribution in [0.15, 0.2) is 28.2 Å². The zero-order valence-corrected chi connectivity index (χ0v) is 8.00. The summed E-state index contributed by atoms with van der Waals surface area (Å²) in [4.78, 5) is 7.25. The van der Waals surface area contributed by atoms with E-state index in [-0.39, 0.29) is 11.8 Å². The highest BCUT2D eigenvalue weighted by Gasteiger charge is 2.00. The summed E-state index contributed by atoms with van der Waals surface area (Å²) in [5.74, 6) is -0.237. The molecular weight excluding hydrogens is 181 g/mol. The van der Waals surface area contributed by atoms with Crippen molar-refractivity contribution in [3.05, 3.63) is 29.6 Å². The molecule has 0 spiro atoms. The number of halogens is 1. The second kappa shape index (κ2) is 4.50. The topological polar surface area (TPSA) is 50.7 Å². The molecule has 1 aromatic carbocycles. The summed E-state index contributed by atoms with van der Waals surface area (Å²) in [5, 5.41) is 0. The molecule has 0 saturated heterocycles. The van der Waals surface area contributed by atoms with Crippen LogP contribution in [0.3, 0.4) is 0 Å². The highest BCUT2D eigenvalue weighted by Crippen LogP contribution is 2.17. The molecule has 74 valence electrons. The lowest BCUT2D eigenvalue weighted by Gasteiger charge is -2.00. The first-order chi connectivity index (χ1) is 6.67. The average molecular weight is 193 g/mol. The van der Waals surface area contributed by atoms with E-state index in [1.165, 1.54) is 6.07 Å². The fourth-order valence-corrected chi connectivity index (χ4v) is 1.06. The van der Waals surface area contributed by atoms with Gasteiger partial charge in [0.25, 0.3) is 0 Å². The van der Waals surface area contributed by atoms with Crippen molar-refractivity contribution < 1.29 is 4.39 Å². The molecule has 0 atom stereocenters. The number of aryl methyl sites for hydroxylation is 1. The van der Waals surface area contributed by atoms with Crippen LogP contribution in [-0.4, -0.2) is 12.7 Å². The first kappa shape index (κ1) is 10.4. The lowest BCUT2D eigenvalue weighted by molar-refractivity contribution is 0.612. The van der Waals surface area contributed by atoms with E-state index in [2.05, 4.69) is 16.7 Å². The SMILES string of the molecule is C=NC(N)=Nc1ccc(CC)c(F)c1. The number of nitrogens with two attached hydrogens (primary N) is 1. The molecule has 0 bridgehead atoms. The van der Waals surface area contributed by atoms with E-state index in [1.807, 2.05) is 6.92 Å². The largest absolute Gasteiger partial charge is 0.368 e. The van der Waals surface area contributed by atoms with Gasteiger partial charge in [-0.3, -0.25) is 0 Å². The smallest absolute Gasteiger partial charge is 0.219 e. The average Bonchev–Trinajstić information content (AvgIpc) is 2.18. The van der Waals surface area contributed by atoms with E-state index in [0.717, 1.165) is 0 Å². The third-order valence-electron chi connectivity index (χ3n) is 1.82. The molecular formula is C10H12FN3. The van der Waals surface area contributed by atoms with Crippen molar-refractivity contribution in [1.29, 1.82) is 0 Å². The Kier molecular flexibility index (Phi) is 3.34. The van der Waals surface area contributed by atoms with Gasteiger partial charge >= 0.3 is 0 Å². The van der Waals surface area contributed by atoms with Crippen molar-refractivity contribution in [3.8, 4) is 0 Å². The van der Waals surface area contributed by atoms with Gasteiger partial charge in [-0.25, -0.2) is 14.4 Å². The molecule has 0 aromatic heterocycles. The number of hydrogen-bond acceptors (Lipinski definition) is 1. The van der Waals surface area contributed by atoms with Gasteiger partial charge in [0.2, 0.25) is 5.96 Å². The van der Waals surface area contributed by atoms with Crippen LogP contribution in [0.4, 0.5) is 10.1 Å². The lowest BCUT2D eigenvalue weighted by Crippen LogP contribution is -2.06. The van der Waals surface area contributed by atoms with E-state index >= 15 is 0 Å². The van der Waals surface area contributed by atoms with Crippen molar-refractivity contribution in [3.63, 3.8) is 0 Å². The highest BCUT2D eigenvalue weighted by atomic mass is 19.1. The fourth-order valence-electron chi connectivity index (χ4n) is 1.06. The number of benzene rings is 1. The van der Waals surface area contributed by atoms with Gasteiger partial charge < -0.3 is 5.73 Å². The van der Waals surface area contributed by atoms with Crippen LogP contribution >= 0.6 is 0 Å². The summed E-state index contributed by atoms with van der Waals surface area (Å²) in [7, 11) is 0. The summed E-state index contributed by atoms with van der Waals surface area (Å²) in [5.41, 5.74) is 6.43. The predicted octanol–water partition coefficient (Wildman–Crippen LogP) is 2.03. The normalized spacial score (nSPS) is 11.4. The molecule has 0 aliphatic heterocycles. The minimum atomic E-state index is -0.273. The Balaban J connectivity index is 3.03. The number of hydrogen-bond donors (Lipinski definition) is 1. The van der Waals surface area contributed by atoms with Gasteiger partial charge in [-0.2, -0.15) is 0 Å². The Hall–Kier alpha value is -1.71. The van der Waals surface area contributed by atoms with Crippen LogP contribution in [0.5, 0.6) is 0 Å². The number of guanidine groups is 1. The van der Waals surface area contributed by atoms with E-state index in [9.17, 15) is 4.39 Å². The molecule has 4 heteroatoms. The lowest BCUT2D eigenvalue weighted by atomic mass is 10.1. The zero-order chi connectivity index (χ0) is 10.6. The van der Waals surface area contributed by atoms with Crippen LogP contribution in [-0.2, 0) is 6.42 Å². The first-order valence-electron chi connectivity index (χ1n) is 4.26. The summed E-state index contributed by atoms with van der Waals surface area (Å²) in [6.07, 6.45) is 0.658. The van der Waals surface area contributed by atoms with Crippen molar-refractivity contribution in [1.82, 2.24) is 0 Å². The minimum Gasteiger partial charge on any atom is -0.368 e. The van der Waals surface area contributed by atoms with Gasteiger partial charge in [0, 0.05) is 0 Å². The number of aliphatic imine (C=N–C) groups is 2. The first-order valence-corrected chi connectivity index (χ1v) is 4.26. The molecule has 0 radical (unpaired) electrons. The molecule has 2 N–H and O–H groups in total. The van der Waals surface area contributed by atoms with Gasteiger partial charge in [-0.05, 0) is 30.8 Å². The predicted molar refractivity (Wildman–Crippen MR) is 56.6 cm³/mol. The fraction of sp³-hybridized carbons (Fsp3) is 0.200. The van der Waals surface area contributed by atoms with Crippen LogP contribution in [0.1, 0.15) is 12.5 Å². The van der Waals surface area contributed by atoms with Crippen molar-refractivity contribution >= 4 is 18.4 Å². The van der Waals surface area contributed by atoms with Crippen molar-refractivity contribution in [2.24, 2.45) is 15.7 Å². The van der Waals surface area contributed by atoms with Gasteiger partial charge in [0.1, 0.15) is 5.82 Å². The van der Waals surface area contributed by atoms with Crippen LogP contribution in [0.2, 0.25) is 0 Å². The maximum Gasteiger partial charge on any atom is 0.219 e. The van der Waals surface area contributed by atoms with Crippen molar-refractivity contribution in [2.75, 3.05) is 0 Å². The quantitative estimate of drug-likeness (QED) is 0.567. The Morgan fingerprint density at radius 1 is 1.57 bits per heavy atom. The molecule has 1 rings (SSSR count). The Morgan fingerprint density at radius 2 is 2.29 bits per heavy atom.